The first-order chi connectivity index (χ1) is 9.58. The van der Waals surface area contributed by atoms with E-state index >= 15 is 0 Å². The maximum Gasteiger partial charge on any atom is 0.221 e. The number of amides is 1. The van der Waals surface area contributed by atoms with Crippen LogP contribution in [0, 0.1) is 5.92 Å². The maximum atomic E-state index is 11.0. The molecule has 5 heteroatoms. The van der Waals surface area contributed by atoms with Gasteiger partial charge in [-0.15, -0.1) is 12.4 Å². The van der Waals surface area contributed by atoms with E-state index in [1.165, 1.54) is 26.2 Å². The number of aliphatic hydroxyl groups excluding tert-OH is 1. The van der Waals surface area contributed by atoms with Crippen LogP contribution in [0.3, 0.4) is 0 Å². The normalized spacial score (nSPS) is 18.4. The van der Waals surface area contributed by atoms with Gasteiger partial charge in [0, 0.05) is 12.6 Å². The van der Waals surface area contributed by atoms with E-state index in [0.29, 0.717) is 5.92 Å². The molecule has 1 aromatic rings. The highest BCUT2D eigenvalue weighted by Crippen LogP contribution is 2.31. The van der Waals surface area contributed by atoms with Crippen molar-refractivity contribution in [1.29, 1.82) is 0 Å². The molecule has 118 valence electrons. The van der Waals surface area contributed by atoms with Crippen molar-refractivity contribution in [2.45, 2.75) is 51.2 Å². The van der Waals surface area contributed by atoms with Crippen LogP contribution >= 0.6 is 12.4 Å². The Bertz CT molecular complexity index is 444. The SMILES string of the molecule is CC(=O)Nc1ccc([C@@H](N)[C@@H](O)C2CCCCC2)cc1.Cl. The predicted molar refractivity (Wildman–Crippen MR) is 87.5 cm³/mol. The summed E-state index contributed by atoms with van der Waals surface area (Å²) in [5.41, 5.74) is 7.85. The Hall–Kier alpha value is -1.10. The molecule has 0 saturated heterocycles. The van der Waals surface area contributed by atoms with Crippen LogP contribution in [0.25, 0.3) is 0 Å². The van der Waals surface area contributed by atoms with Crippen LogP contribution in [-0.4, -0.2) is 17.1 Å². The largest absolute Gasteiger partial charge is 0.391 e. The summed E-state index contributed by atoms with van der Waals surface area (Å²) in [5.74, 6) is 0.220. The Balaban J connectivity index is 0.00000220. The van der Waals surface area contributed by atoms with Crippen molar-refractivity contribution < 1.29 is 9.90 Å². The number of carbonyl (C=O) groups excluding carboxylic acids is 1. The van der Waals surface area contributed by atoms with E-state index < -0.39 is 6.10 Å². The Labute approximate surface area is 132 Å². The molecule has 0 aromatic heterocycles. The number of halogens is 1. The van der Waals surface area contributed by atoms with Crippen molar-refractivity contribution in [1.82, 2.24) is 0 Å². The zero-order valence-corrected chi connectivity index (χ0v) is 13.2. The summed E-state index contributed by atoms with van der Waals surface area (Å²) in [6.45, 7) is 1.48. The van der Waals surface area contributed by atoms with Crippen LogP contribution in [0.5, 0.6) is 0 Å². The molecule has 2 rings (SSSR count). The van der Waals surface area contributed by atoms with Crippen LogP contribution in [0.15, 0.2) is 24.3 Å². The maximum absolute atomic E-state index is 11.0. The van der Waals surface area contributed by atoms with Crippen LogP contribution < -0.4 is 11.1 Å². The molecule has 0 bridgehead atoms. The van der Waals surface area contributed by atoms with Crippen LogP contribution in [0.1, 0.15) is 50.6 Å². The van der Waals surface area contributed by atoms with Crippen molar-refractivity contribution in [3.05, 3.63) is 29.8 Å². The van der Waals surface area contributed by atoms with Gasteiger partial charge in [0.15, 0.2) is 0 Å². The minimum absolute atomic E-state index is 0. The van der Waals surface area contributed by atoms with E-state index in [4.69, 9.17) is 5.73 Å². The molecule has 1 fully saturated rings. The van der Waals surface area contributed by atoms with Gasteiger partial charge in [0.1, 0.15) is 0 Å². The average molecular weight is 313 g/mol. The Morgan fingerprint density at radius 3 is 2.33 bits per heavy atom. The molecule has 4 nitrogen and oxygen atoms in total. The number of benzene rings is 1. The van der Waals surface area contributed by atoms with Gasteiger partial charge in [0.05, 0.1) is 12.1 Å². The molecule has 1 aliphatic rings. The molecule has 1 aliphatic carbocycles. The third-order valence-electron chi connectivity index (χ3n) is 4.12. The van der Waals surface area contributed by atoms with Gasteiger partial charge in [-0.1, -0.05) is 31.4 Å². The fourth-order valence-electron chi connectivity index (χ4n) is 2.96. The summed E-state index contributed by atoms with van der Waals surface area (Å²) >= 11 is 0. The number of nitrogens with two attached hydrogens (primary N) is 1. The van der Waals surface area contributed by atoms with Gasteiger partial charge in [-0.05, 0) is 36.5 Å². The van der Waals surface area contributed by atoms with Crippen molar-refractivity contribution in [3.63, 3.8) is 0 Å². The molecule has 0 heterocycles. The van der Waals surface area contributed by atoms with E-state index in [-0.39, 0.29) is 24.4 Å². The second-order valence-corrected chi connectivity index (χ2v) is 5.72. The van der Waals surface area contributed by atoms with Crippen LogP contribution in [-0.2, 0) is 4.79 Å². The van der Waals surface area contributed by atoms with E-state index in [1.807, 2.05) is 24.3 Å². The van der Waals surface area contributed by atoms with Gasteiger partial charge < -0.3 is 16.2 Å². The zero-order chi connectivity index (χ0) is 14.5. The summed E-state index contributed by atoms with van der Waals surface area (Å²) in [5, 5.41) is 13.1. The number of aliphatic hydroxyl groups is 1. The monoisotopic (exact) mass is 312 g/mol. The lowest BCUT2D eigenvalue weighted by Gasteiger charge is -2.30. The molecule has 1 amide bonds. The van der Waals surface area contributed by atoms with Gasteiger partial charge >= 0.3 is 0 Å². The van der Waals surface area contributed by atoms with Gasteiger partial charge in [-0.3, -0.25) is 4.79 Å². The Kier molecular flexibility index (Phi) is 7.15. The zero-order valence-electron chi connectivity index (χ0n) is 12.4. The lowest BCUT2D eigenvalue weighted by molar-refractivity contribution is -0.114. The summed E-state index contributed by atoms with van der Waals surface area (Å²) in [4.78, 5) is 11.0. The molecule has 1 aromatic carbocycles. The molecule has 0 spiro atoms. The first kappa shape index (κ1) is 18.0. The van der Waals surface area contributed by atoms with Crippen LogP contribution in [0.4, 0.5) is 5.69 Å². The van der Waals surface area contributed by atoms with Crippen molar-refractivity contribution in [3.8, 4) is 0 Å². The Morgan fingerprint density at radius 1 is 1.24 bits per heavy atom. The second-order valence-electron chi connectivity index (χ2n) is 5.72. The summed E-state index contributed by atoms with van der Waals surface area (Å²) in [7, 11) is 0. The quantitative estimate of drug-likeness (QED) is 0.800. The molecule has 0 aliphatic heterocycles. The van der Waals surface area contributed by atoms with Crippen molar-refractivity contribution in [2.24, 2.45) is 11.7 Å². The topological polar surface area (TPSA) is 75.4 Å². The molecular weight excluding hydrogens is 288 g/mol. The highest BCUT2D eigenvalue weighted by molar-refractivity contribution is 5.88. The predicted octanol–water partition coefficient (Wildman–Crippen LogP) is 3.01. The van der Waals surface area contributed by atoms with Crippen molar-refractivity contribution in [2.75, 3.05) is 5.32 Å². The standard InChI is InChI=1S/C16H24N2O2.ClH/c1-11(19)18-14-9-7-12(8-10-14)15(17)16(20)13-5-3-2-4-6-13;/h7-10,13,15-16,20H,2-6,17H2,1H3,(H,18,19);1H/t15-,16+;/m1./s1. The van der Waals surface area contributed by atoms with Gasteiger partial charge in [0.25, 0.3) is 0 Å². The van der Waals surface area contributed by atoms with Crippen LogP contribution in [0.2, 0.25) is 0 Å². The van der Waals surface area contributed by atoms with Crippen molar-refractivity contribution >= 4 is 24.0 Å². The molecule has 21 heavy (non-hydrogen) atoms. The molecule has 0 unspecified atom stereocenters. The number of anilines is 1. The summed E-state index contributed by atoms with van der Waals surface area (Å²) < 4.78 is 0. The second kappa shape index (κ2) is 8.37. The first-order valence-corrected chi connectivity index (χ1v) is 7.39. The fourth-order valence-corrected chi connectivity index (χ4v) is 2.96. The smallest absolute Gasteiger partial charge is 0.221 e. The minimum atomic E-state index is -0.484. The van der Waals surface area contributed by atoms with E-state index in [1.54, 1.807) is 0 Å². The number of hydrogen-bond donors (Lipinski definition) is 3. The van der Waals surface area contributed by atoms with Gasteiger partial charge in [0.2, 0.25) is 5.91 Å². The van der Waals surface area contributed by atoms with E-state index in [0.717, 1.165) is 24.1 Å². The van der Waals surface area contributed by atoms with E-state index in [9.17, 15) is 9.90 Å². The Morgan fingerprint density at radius 2 is 1.81 bits per heavy atom. The molecule has 1 saturated carbocycles. The lowest BCUT2D eigenvalue weighted by atomic mass is 9.81. The highest BCUT2D eigenvalue weighted by Gasteiger charge is 2.27. The summed E-state index contributed by atoms with van der Waals surface area (Å²) in [6, 6.07) is 7.04. The molecular formula is C16H25ClN2O2. The average Bonchev–Trinajstić information content (AvgIpc) is 2.47. The third-order valence-corrected chi connectivity index (χ3v) is 4.12. The minimum Gasteiger partial charge on any atom is -0.391 e. The fraction of sp³-hybridized carbons (Fsp3) is 0.562. The number of rotatable bonds is 4. The molecule has 0 radical (unpaired) electrons. The third kappa shape index (κ3) is 4.99. The number of hydrogen-bond acceptors (Lipinski definition) is 3. The first-order valence-electron chi connectivity index (χ1n) is 7.39. The highest BCUT2D eigenvalue weighted by atomic mass is 35.5. The van der Waals surface area contributed by atoms with Gasteiger partial charge in [-0.25, -0.2) is 0 Å². The van der Waals surface area contributed by atoms with E-state index in [2.05, 4.69) is 5.32 Å². The lowest BCUT2D eigenvalue weighted by Crippen LogP contribution is -2.34. The molecule has 4 N–H and O–H groups in total. The number of carbonyl (C=O) groups is 1. The molecule has 2 atom stereocenters. The van der Waals surface area contributed by atoms with Gasteiger partial charge in [-0.2, -0.15) is 0 Å². The summed E-state index contributed by atoms with van der Waals surface area (Å²) in [6.07, 6.45) is 5.30. The number of nitrogens with one attached hydrogen (secondary N) is 1.